The minimum Gasteiger partial charge on any atom is -0.316 e. The number of benzene rings is 1. The zero-order chi connectivity index (χ0) is 13.6. The van der Waals surface area contributed by atoms with Gasteiger partial charge in [0.15, 0.2) is 0 Å². The molecule has 2 N–H and O–H groups in total. The summed E-state index contributed by atoms with van der Waals surface area (Å²) >= 11 is 0. The highest BCUT2D eigenvalue weighted by atomic mass is 32.2. The van der Waals surface area contributed by atoms with E-state index < -0.39 is 14.9 Å². The van der Waals surface area contributed by atoms with Gasteiger partial charge in [-0.2, -0.15) is 0 Å². The molecule has 8 heteroatoms. The summed E-state index contributed by atoms with van der Waals surface area (Å²) in [4.78, 5) is 9.89. The summed E-state index contributed by atoms with van der Waals surface area (Å²) in [6.07, 6.45) is 0. The smallest absolute Gasteiger partial charge is 0.269 e. The number of sulfonamides is 1. The molecule has 0 spiro atoms. The van der Waals surface area contributed by atoms with Gasteiger partial charge in [-0.15, -0.1) is 0 Å². The van der Waals surface area contributed by atoms with Gasteiger partial charge in [-0.1, -0.05) is 6.92 Å². The summed E-state index contributed by atoms with van der Waals surface area (Å²) in [5, 5.41) is 13.3. The molecule has 1 aromatic rings. The van der Waals surface area contributed by atoms with Crippen LogP contribution in [0.1, 0.15) is 6.92 Å². The van der Waals surface area contributed by atoms with Crippen LogP contribution in [0, 0.1) is 10.1 Å². The summed E-state index contributed by atoms with van der Waals surface area (Å²) in [6.45, 7) is 2.95. The van der Waals surface area contributed by atoms with Crippen LogP contribution >= 0.6 is 0 Å². The Hall–Kier alpha value is -1.67. The lowest BCUT2D eigenvalue weighted by Crippen LogP contribution is -2.26. The standard InChI is InChI=1S/C10H15N3O4S/c1-2-11-7-8-18(16,17)12-9-3-5-10(6-4-9)13(14)15/h3-6,11-12H,2,7-8H2,1H3. The average Bonchev–Trinajstić information content (AvgIpc) is 2.29. The summed E-state index contributed by atoms with van der Waals surface area (Å²) < 4.78 is 25.6. The molecule has 0 saturated carbocycles. The predicted octanol–water partition coefficient (Wildman–Crippen LogP) is 0.946. The van der Waals surface area contributed by atoms with Crippen LogP contribution in [-0.4, -0.2) is 32.2 Å². The Labute approximate surface area is 105 Å². The molecule has 0 atom stereocenters. The first-order valence-electron chi connectivity index (χ1n) is 5.40. The van der Waals surface area contributed by atoms with Crippen LogP contribution in [0.2, 0.25) is 0 Å². The van der Waals surface area contributed by atoms with Gasteiger partial charge >= 0.3 is 0 Å². The number of hydrogen-bond acceptors (Lipinski definition) is 5. The Balaban J connectivity index is 2.63. The molecule has 7 nitrogen and oxygen atoms in total. The number of non-ortho nitro benzene ring substituents is 1. The first-order valence-corrected chi connectivity index (χ1v) is 7.05. The summed E-state index contributed by atoms with van der Waals surface area (Å²) in [5.41, 5.74) is 0.239. The molecular weight excluding hydrogens is 258 g/mol. The van der Waals surface area contributed by atoms with Crippen molar-refractivity contribution in [3.63, 3.8) is 0 Å². The maximum absolute atomic E-state index is 11.6. The molecule has 0 aliphatic heterocycles. The Morgan fingerprint density at radius 3 is 2.39 bits per heavy atom. The number of rotatable bonds is 7. The predicted molar refractivity (Wildman–Crippen MR) is 69.0 cm³/mol. The van der Waals surface area contributed by atoms with E-state index in [0.717, 1.165) is 0 Å². The van der Waals surface area contributed by atoms with Crippen molar-refractivity contribution in [2.24, 2.45) is 0 Å². The van der Waals surface area contributed by atoms with Gasteiger partial charge in [0.05, 0.1) is 10.7 Å². The number of nitrogens with one attached hydrogen (secondary N) is 2. The highest BCUT2D eigenvalue weighted by Crippen LogP contribution is 2.16. The topological polar surface area (TPSA) is 101 Å². The lowest BCUT2D eigenvalue weighted by molar-refractivity contribution is -0.384. The lowest BCUT2D eigenvalue weighted by Gasteiger charge is -2.07. The quantitative estimate of drug-likeness (QED) is 0.437. The first kappa shape index (κ1) is 14.4. The van der Waals surface area contributed by atoms with Crippen molar-refractivity contribution in [3.8, 4) is 0 Å². The van der Waals surface area contributed by atoms with E-state index in [1.807, 2.05) is 6.92 Å². The van der Waals surface area contributed by atoms with Crippen molar-refractivity contribution in [1.29, 1.82) is 0 Å². The molecule has 0 saturated heterocycles. The van der Waals surface area contributed by atoms with Gasteiger partial charge in [0.2, 0.25) is 10.0 Å². The molecular formula is C10H15N3O4S. The van der Waals surface area contributed by atoms with Crippen LogP contribution in [0.15, 0.2) is 24.3 Å². The SMILES string of the molecule is CCNCCS(=O)(=O)Nc1ccc([N+](=O)[O-])cc1. The van der Waals surface area contributed by atoms with E-state index in [9.17, 15) is 18.5 Å². The summed E-state index contributed by atoms with van der Waals surface area (Å²) in [5.74, 6) is -0.0438. The third-order valence-electron chi connectivity index (χ3n) is 2.15. The molecule has 0 aromatic heterocycles. The fraction of sp³-hybridized carbons (Fsp3) is 0.400. The molecule has 0 heterocycles. The fourth-order valence-corrected chi connectivity index (χ4v) is 2.28. The number of hydrogen-bond donors (Lipinski definition) is 2. The molecule has 0 amide bonds. The van der Waals surface area contributed by atoms with E-state index in [1.54, 1.807) is 0 Å². The molecule has 0 radical (unpaired) electrons. The van der Waals surface area contributed by atoms with Crippen molar-refractivity contribution in [2.45, 2.75) is 6.92 Å². The number of anilines is 1. The second-order valence-corrected chi connectivity index (χ2v) is 5.42. The maximum Gasteiger partial charge on any atom is 0.269 e. The minimum absolute atomic E-state index is 0.0438. The Bertz CT molecular complexity index is 498. The largest absolute Gasteiger partial charge is 0.316 e. The third-order valence-corrected chi connectivity index (χ3v) is 3.44. The molecule has 18 heavy (non-hydrogen) atoms. The number of nitrogens with zero attached hydrogens (tertiary/aromatic N) is 1. The van der Waals surface area contributed by atoms with Crippen LogP contribution in [0.4, 0.5) is 11.4 Å². The van der Waals surface area contributed by atoms with E-state index in [1.165, 1.54) is 24.3 Å². The second-order valence-electron chi connectivity index (χ2n) is 3.58. The average molecular weight is 273 g/mol. The molecule has 0 aliphatic carbocycles. The Kier molecular flexibility index (Phi) is 5.05. The van der Waals surface area contributed by atoms with Crippen LogP contribution in [0.5, 0.6) is 0 Å². The van der Waals surface area contributed by atoms with Gasteiger partial charge in [0.1, 0.15) is 0 Å². The van der Waals surface area contributed by atoms with Gasteiger partial charge in [0, 0.05) is 24.4 Å². The Morgan fingerprint density at radius 1 is 1.28 bits per heavy atom. The van der Waals surface area contributed by atoms with Crippen molar-refractivity contribution in [3.05, 3.63) is 34.4 Å². The maximum atomic E-state index is 11.6. The summed E-state index contributed by atoms with van der Waals surface area (Å²) in [7, 11) is -3.42. The van der Waals surface area contributed by atoms with E-state index in [0.29, 0.717) is 18.8 Å². The molecule has 0 fully saturated rings. The van der Waals surface area contributed by atoms with E-state index in [2.05, 4.69) is 10.0 Å². The minimum atomic E-state index is -3.42. The van der Waals surface area contributed by atoms with E-state index in [-0.39, 0.29) is 11.4 Å². The van der Waals surface area contributed by atoms with Crippen molar-refractivity contribution >= 4 is 21.4 Å². The van der Waals surface area contributed by atoms with Gasteiger partial charge < -0.3 is 5.32 Å². The molecule has 0 bridgehead atoms. The van der Waals surface area contributed by atoms with Crippen LogP contribution in [-0.2, 0) is 10.0 Å². The molecule has 0 unspecified atom stereocenters. The Morgan fingerprint density at radius 2 is 1.89 bits per heavy atom. The van der Waals surface area contributed by atoms with Crippen molar-refractivity contribution in [2.75, 3.05) is 23.6 Å². The third kappa shape index (κ3) is 4.68. The first-order chi connectivity index (χ1) is 8.44. The summed E-state index contributed by atoms with van der Waals surface area (Å²) in [6, 6.07) is 5.23. The number of nitro benzene ring substituents is 1. The van der Waals surface area contributed by atoms with Crippen molar-refractivity contribution in [1.82, 2.24) is 5.32 Å². The fourth-order valence-electron chi connectivity index (χ4n) is 1.27. The zero-order valence-corrected chi connectivity index (χ0v) is 10.7. The van der Waals surface area contributed by atoms with Crippen molar-refractivity contribution < 1.29 is 13.3 Å². The van der Waals surface area contributed by atoms with E-state index >= 15 is 0 Å². The van der Waals surface area contributed by atoms with Crippen LogP contribution in [0.3, 0.4) is 0 Å². The number of nitro groups is 1. The lowest BCUT2D eigenvalue weighted by atomic mass is 10.3. The van der Waals surface area contributed by atoms with E-state index in [4.69, 9.17) is 0 Å². The highest BCUT2D eigenvalue weighted by Gasteiger charge is 2.11. The van der Waals surface area contributed by atoms with Crippen LogP contribution < -0.4 is 10.0 Å². The molecule has 1 aromatic carbocycles. The van der Waals surface area contributed by atoms with Gasteiger partial charge in [0.25, 0.3) is 5.69 Å². The normalized spacial score (nSPS) is 11.2. The van der Waals surface area contributed by atoms with Gasteiger partial charge in [-0.25, -0.2) is 8.42 Å². The zero-order valence-electron chi connectivity index (χ0n) is 9.92. The van der Waals surface area contributed by atoms with Gasteiger partial charge in [-0.05, 0) is 18.7 Å². The molecule has 0 aliphatic rings. The molecule has 1 rings (SSSR count). The van der Waals surface area contributed by atoms with Gasteiger partial charge in [-0.3, -0.25) is 14.8 Å². The monoisotopic (exact) mass is 273 g/mol. The second kappa shape index (κ2) is 6.31. The van der Waals surface area contributed by atoms with Crippen LogP contribution in [0.25, 0.3) is 0 Å². The highest BCUT2D eigenvalue weighted by molar-refractivity contribution is 7.92. The molecule has 100 valence electrons.